The van der Waals surface area contributed by atoms with Crippen molar-refractivity contribution in [2.24, 2.45) is 5.92 Å². The fraction of sp³-hybridized carbons (Fsp3) is 0.471. The largest absolute Gasteiger partial charge is 0.497 e. The Labute approximate surface area is 115 Å². The van der Waals surface area contributed by atoms with Gasteiger partial charge in [0.25, 0.3) is 0 Å². The van der Waals surface area contributed by atoms with Crippen molar-refractivity contribution in [3.8, 4) is 5.75 Å². The first-order valence-electron chi connectivity index (χ1n) is 6.93. The SMILES string of the molecule is C=C=C(COCc1ccc(OC)cc1)C1CCCC1. The summed E-state index contributed by atoms with van der Waals surface area (Å²) in [4.78, 5) is 0. The van der Waals surface area contributed by atoms with Gasteiger partial charge in [-0.3, -0.25) is 0 Å². The number of methoxy groups -OCH3 is 1. The van der Waals surface area contributed by atoms with E-state index in [-0.39, 0.29) is 0 Å². The number of hydrogen-bond acceptors (Lipinski definition) is 2. The summed E-state index contributed by atoms with van der Waals surface area (Å²) < 4.78 is 10.9. The average Bonchev–Trinajstić information content (AvgIpc) is 2.98. The maximum atomic E-state index is 5.78. The second-order valence-corrected chi connectivity index (χ2v) is 5.02. The maximum Gasteiger partial charge on any atom is 0.118 e. The van der Waals surface area contributed by atoms with Gasteiger partial charge in [-0.25, -0.2) is 0 Å². The lowest BCUT2D eigenvalue weighted by Crippen LogP contribution is -2.06. The van der Waals surface area contributed by atoms with Crippen LogP contribution in [0.4, 0.5) is 0 Å². The van der Waals surface area contributed by atoms with E-state index < -0.39 is 0 Å². The van der Waals surface area contributed by atoms with E-state index in [2.05, 4.69) is 12.3 Å². The molecule has 2 rings (SSSR count). The molecule has 0 saturated heterocycles. The topological polar surface area (TPSA) is 18.5 Å². The van der Waals surface area contributed by atoms with Crippen LogP contribution in [0.5, 0.6) is 5.75 Å². The van der Waals surface area contributed by atoms with Crippen LogP contribution in [0.25, 0.3) is 0 Å². The first-order valence-corrected chi connectivity index (χ1v) is 6.93. The molecule has 0 heterocycles. The van der Waals surface area contributed by atoms with Crippen LogP contribution in [0.15, 0.2) is 42.1 Å². The van der Waals surface area contributed by atoms with Crippen LogP contribution < -0.4 is 4.74 Å². The number of ether oxygens (including phenoxy) is 2. The molecule has 0 atom stereocenters. The molecule has 0 spiro atoms. The van der Waals surface area contributed by atoms with E-state index >= 15 is 0 Å². The Morgan fingerprint density at radius 2 is 1.95 bits per heavy atom. The normalized spacial score (nSPS) is 15.2. The molecule has 1 saturated carbocycles. The molecule has 2 nitrogen and oxygen atoms in total. The molecule has 1 aliphatic rings. The van der Waals surface area contributed by atoms with Crippen molar-refractivity contribution < 1.29 is 9.47 Å². The Morgan fingerprint density at radius 3 is 2.53 bits per heavy atom. The summed E-state index contributed by atoms with van der Waals surface area (Å²) in [7, 11) is 1.67. The number of hydrogen-bond donors (Lipinski definition) is 0. The summed E-state index contributed by atoms with van der Waals surface area (Å²) in [6, 6.07) is 7.98. The molecule has 0 aliphatic heterocycles. The molecule has 1 fully saturated rings. The van der Waals surface area contributed by atoms with Gasteiger partial charge in [0.15, 0.2) is 0 Å². The lowest BCUT2D eigenvalue weighted by atomic mass is 9.99. The highest BCUT2D eigenvalue weighted by atomic mass is 16.5. The van der Waals surface area contributed by atoms with Crippen molar-refractivity contribution in [1.82, 2.24) is 0 Å². The van der Waals surface area contributed by atoms with Crippen LogP contribution >= 0.6 is 0 Å². The summed E-state index contributed by atoms with van der Waals surface area (Å²) >= 11 is 0. The summed E-state index contributed by atoms with van der Waals surface area (Å²) in [5.41, 5.74) is 5.47. The zero-order valence-corrected chi connectivity index (χ0v) is 11.7. The maximum absolute atomic E-state index is 5.78. The van der Waals surface area contributed by atoms with Crippen LogP contribution in [0.3, 0.4) is 0 Å². The van der Waals surface area contributed by atoms with Gasteiger partial charge in [-0.2, -0.15) is 0 Å². The van der Waals surface area contributed by atoms with Gasteiger partial charge in [0, 0.05) is 0 Å². The van der Waals surface area contributed by atoms with Gasteiger partial charge >= 0.3 is 0 Å². The Balaban J connectivity index is 1.79. The van der Waals surface area contributed by atoms with Crippen molar-refractivity contribution >= 4 is 0 Å². The predicted molar refractivity (Wildman–Crippen MR) is 77.3 cm³/mol. The van der Waals surface area contributed by atoms with E-state index in [0.29, 0.717) is 19.1 Å². The zero-order chi connectivity index (χ0) is 13.5. The first-order chi connectivity index (χ1) is 9.33. The van der Waals surface area contributed by atoms with Crippen LogP contribution in [0.2, 0.25) is 0 Å². The molecule has 1 aliphatic carbocycles. The molecule has 0 radical (unpaired) electrons. The van der Waals surface area contributed by atoms with E-state index in [1.165, 1.54) is 31.3 Å². The predicted octanol–water partition coefficient (Wildman–Crippen LogP) is 4.11. The molecular formula is C17H22O2. The Morgan fingerprint density at radius 1 is 1.26 bits per heavy atom. The van der Waals surface area contributed by atoms with E-state index in [1.54, 1.807) is 7.11 Å². The van der Waals surface area contributed by atoms with Crippen molar-refractivity contribution in [3.05, 3.63) is 47.7 Å². The van der Waals surface area contributed by atoms with Crippen molar-refractivity contribution in [3.63, 3.8) is 0 Å². The van der Waals surface area contributed by atoms with Gasteiger partial charge in [-0.1, -0.05) is 31.6 Å². The Bertz CT molecular complexity index is 435. The quantitative estimate of drug-likeness (QED) is 0.715. The van der Waals surface area contributed by atoms with E-state index in [1.807, 2.05) is 24.3 Å². The molecule has 0 unspecified atom stereocenters. The smallest absolute Gasteiger partial charge is 0.118 e. The van der Waals surface area contributed by atoms with Gasteiger partial charge < -0.3 is 9.47 Å². The fourth-order valence-corrected chi connectivity index (χ4v) is 2.59. The summed E-state index contributed by atoms with van der Waals surface area (Å²) in [5, 5.41) is 0. The molecule has 0 aromatic heterocycles. The van der Waals surface area contributed by atoms with Gasteiger partial charge in [0.1, 0.15) is 5.75 Å². The minimum atomic E-state index is 0.627. The van der Waals surface area contributed by atoms with Crippen molar-refractivity contribution in [2.75, 3.05) is 13.7 Å². The third kappa shape index (κ3) is 3.99. The molecule has 2 heteroatoms. The standard InChI is InChI=1S/C17H22O2/c1-3-15(16-6-4-5-7-16)13-19-12-14-8-10-17(18-2)11-9-14/h8-11,16H,1,4-7,12-13H2,2H3. The second-order valence-electron chi connectivity index (χ2n) is 5.02. The fourth-order valence-electron chi connectivity index (χ4n) is 2.59. The van der Waals surface area contributed by atoms with Gasteiger partial charge in [0.2, 0.25) is 0 Å². The third-order valence-corrected chi connectivity index (χ3v) is 3.76. The minimum Gasteiger partial charge on any atom is -0.497 e. The van der Waals surface area contributed by atoms with E-state index in [0.717, 1.165) is 11.3 Å². The molecule has 1 aromatic rings. The van der Waals surface area contributed by atoms with Crippen molar-refractivity contribution in [1.29, 1.82) is 0 Å². The third-order valence-electron chi connectivity index (χ3n) is 3.76. The summed E-state index contributed by atoms with van der Waals surface area (Å²) in [5.74, 6) is 1.52. The molecular weight excluding hydrogens is 236 g/mol. The molecule has 1 aromatic carbocycles. The zero-order valence-electron chi connectivity index (χ0n) is 11.7. The highest BCUT2D eigenvalue weighted by Gasteiger charge is 2.18. The van der Waals surface area contributed by atoms with Crippen molar-refractivity contribution in [2.45, 2.75) is 32.3 Å². The lowest BCUT2D eigenvalue weighted by Gasteiger charge is -2.12. The average molecular weight is 258 g/mol. The van der Waals surface area contributed by atoms with Crippen LogP contribution in [-0.4, -0.2) is 13.7 Å². The molecule has 102 valence electrons. The van der Waals surface area contributed by atoms with Crippen LogP contribution in [-0.2, 0) is 11.3 Å². The highest BCUT2D eigenvalue weighted by Crippen LogP contribution is 2.30. The number of benzene rings is 1. The van der Waals surface area contributed by atoms with Crippen LogP contribution in [0, 0.1) is 5.92 Å². The van der Waals surface area contributed by atoms with Crippen LogP contribution in [0.1, 0.15) is 31.2 Å². The lowest BCUT2D eigenvalue weighted by molar-refractivity contribution is 0.136. The molecule has 0 N–H and O–H groups in total. The minimum absolute atomic E-state index is 0.627. The Hall–Kier alpha value is -1.50. The molecule has 0 amide bonds. The Kier molecular flexibility index (Phi) is 5.26. The van der Waals surface area contributed by atoms with E-state index in [4.69, 9.17) is 9.47 Å². The summed E-state index contributed by atoms with van der Waals surface area (Å²) in [6.07, 6.45) is 5.19. The number of rotatable bonds is 6. The van der Waals surface area contributed by atoms with E-state index in [9.17, 15) is 0 Å². The van der Waals surface area contributed by atoms with Gasteiger partial charge in [-0.15, -0.1) is 5.73 Å². The summed E-state index contributed by atoms with van der Waals surface area (Å²) in [6.45, 7) is 5.08. The second kappa shape index (κ2) is 7.18. The first kappa shape index (κ1) is 13.9. The highest BCUT2D eigenvalue weighted by molar-refractivity contribution is 5.26. The van der Waals surface area contributed by atoms with Gasteiger partial charge in [0.05, 0.1) is 20.3 Å². The molecule has 0 bridgehead atoms. The van der Waals surface area contributed by atoms with Gasteiger partial charge in [-0.05, 0) is 42.0 Å². The monoisotopic (exact) mass is 258 g/mol. The molecule has 19 heavy (non-hydrogen) atoms.